The van der Waals surface area contributed by atoms with E-state index >= 15 is 0 Å². The number of carboxylic acid groups (broad SMARTS) is 1. The van der Waals surface area contributed by atoms with Crippen molar-refractivity contribution in [3.05, 3.63) is 141 Å². The van der Waals surface area contributed by atoms with E-state index in [1.807, 2.05) is 83.8 Å². The molecule has 264 valence electrons. The number of carbonyl (C=O) groups is 2. The average Bonchev–Trinajstić information content (AvgIpc) is 3.15. The number of pyridine rings is 1. The van der Waals surface area contributed by atoms with Gasteiger partial charge in [-0.2, -0.15) is 0 Å². The van der Waals surface area contributed by atoms with Gasteiger partial charge in [0, 0.05) is 36.7 Å². The van der Waals surface area contributed by atoms with E-state index in [1.54, 1.807) is 12.1 Å². The number of ether oxygens (including phenoxy) is 1. The van der Waals surface area contributed by atoms with Crippen LogP contribution in [0, 0.1) is 5.92 Å². The number of nitrogens with one attached hydrogen (secondary N) is 3. The molecule has 1 aliphatic heterocycles. The zero-order valence-electron chi connectivity index (χ0n) is 28.1. The first kappa shape index (κ1) is 35.2. The van der Waals surface area contributed by atoms with Crippen LogP contribution in [0.15, 0.2) is 108 Å². The van der Waals surface area contributed by atoms with Crippen molar-refractivity contribution in [3.63, 3.8) is 0 Å². The second-order valence-corrected chi connectivity index (χ2v) is 12.9. The molecule has 2 amide bonds. The van der Waals surface area contributed by atoms with E-state index in [2.05, 4.69) is 15.6 Å². The Hall–Kier alpha value is -5.65. The molecule has 11 nitrogen and oxygen atoms in total. The number of phenols is 1. The van der Waals surface area contributed by atoms with Gasteiger partial charge in [0.15, 0.2) is 0 Å². The van der Waals surface area contributed by atoms with Crippen molar-refractivity contribution in [1.82, 2.24) is 20.5 Å². The number of amides is 2. The highest BCUT2D eigenvalue weighted by atomic mass is 16.5. The van der Waals surface area contributed by atoms with Crippen LogP contribution in [0.4, 0.5) is 4.79 Å². The molecule has 51 heavy (non-hydrogen) atoms. The lowest BCUT2D eigenvalue weighted by Gasteiger charge is -2.32. The number of nitrogens with zero attached hydrogens (tertiary/aromatic N) is 1. The second kappa shape index (κ2) is 16.4. The first-order valence-electron chi connectivity index (χ1n) is 17.1. The Morgan fingerprint density at radius 1 is 0.902 bits per heavy atom. The number of H-pyrrole nitrogens is 1. The second-order valence-electron chi connectivity index (χ2n) is 12.9. The lowest BCUT2D eigenvalue weighted by atomic mass is 9.97. The largest absolute Gasteiger partial charge is 0.506 e. The Kier molecular flexibility index (Phi) is 11.3. The molecule has 4 aromatic carbocycles. The summed E-state index contributed by atoms with van der Waals surface area (Å²) in [7, 11) is 0. The summed E-state index contributed by atoms with van der Waals surface area (Å²) in [5.74, 6) is 0.935. The van der Waals surface area contributed by atoms with Crippen LogP contribution < -0.4 is 20.9 Å². The van der Waals surface area contributed by atoms with E-state index in [4.69, 9.17) is 4.74 Å². The lowest BCUT2D eigenvalue weighted by Crippen LogP contribution is -2.39. The number of benzene rings is 4. The Bertz CT molecular complexity index is 2010. The monoisotopic (exact) mass is 690 g/mol. The number of aliphatic hydroxyl groups is 1. The summed E-state index contributed by atoms with van der Waals surface area (Å²) < 4.78 is 6.15. The number of likely N-dealkylation sites (tertiary alicyclic amines) is 1. The molecule has 6 N–H and O–H groups in total. The molecular weight excluding hydrogens is 648 g/mol. The third-order valence-electron chi connectivity index (χ3n) is 9.37. The van der Waals surface area contributed by atoms with Gasteiger partial charge >= 0.3 is 6.09 Å². The predicted octanol–water partition coefficient (Wildman–Crippen LogP) is 5.39. The van der Waals surface area contributed by atoms with Gasteiger partial charge in [-0.15, -0.1) is 0 Å². The van der Waals surface area contributed by atoms with Crippen molar-refractivity contribution in [2.45, 2.75) is 31.4 Å². The number of aromatic amines is 1. The Balaban J connectivity index is 0.940. The fourth-order valence-electron chi connectivity index (χ4n) is 6.56. The molecule has 0 aliphatic carbocycles. The molecule has 1 aromatic heterocycles. The van der Waals surface area contributed by atoms with E-state index < -0.39 is 18.2 Å². The van der Waals surface area contributed by atoms with Gasteiger partial charge in [-0.3, -0.25) is 9.59 Å². The summed E-state index contributed by atoms with van der Waals surface area (Å²) in [6.07, 6.45) is 0.430. The molecule has 11 heteroatoms. The normalized spacial score (nSPS) is 14.6. The van der Waals surface area contributed by atoms with E-state index in [-0.39, 0.29) is 17.2 Å². The van der Waals surface area contributed by atoms with E-state index in [0.29, 0.717) is 72.9 Å². The molecule has 0 bridgehead atoms. The molecular formula is C40H42N4O7. The number of hydrogen-bond acceptors (Lipinski definition) is 7. The molecule has 6 rings (SSSR count). The van der Waals surface area contributed by atoms with E-state index in [0.717, 1.165) is 29.5 Å². The van der Waals surface area contributed by atoms with Gasteiger partial charge < -0.3 is 40.6 Å². The Morgan fingerprint density at radius 3 is 2.39 bits per heavy atom. The molecule has 0 radical (unpaired) electrons. The first-order valence-corrected chi connectivity index (χ1v) is 17.1. The van der Waals surface area contributed by atoms with Gasteiger partial charge in [-0.05, 0) is 90.4 Å². The topological polar surface area (TPSA) is 164 Å². The maximum Gasteiger partial charge on any atom is 0.405 e. The predicted molar refractivity (Wildman–Crippen MR) is 194 cm³/mol. The van der Waals surface area contributed by atoms with Gasteiger partial charge in [0.05, 0.1) is 24.3 Å². The van der Waals surface area contributed by atoms with Crippen molar-refractivity contribution >= 4 is 22.9 Å². The van der Waals surface area contributed by atoms with Gasteiger partial charge in [-0.25, -0.2) is 4.79 Å². The number of hydrogen-bond donors (Lipinski definition) is 6. The molecule has 1 saturated heterocycles. The van der Waals surface area contributed by atoms with Gasteiger partial charge in [-0.1, -0.05) is 60.7 Å². The van der Waals surface area contributed by atoms with Crippen molar-refractivity contribution in [2.75, 3.05) is 32.8 Å². The molecule has 0 unspecified atom stereocenters. The third kappa shape index (κ3) is 8.94. The van der Waals surface area contributed by atoms with Crippen LogP contribution in [-0.4, -0.2) is 70.0 Å². The molecule has 5 aromatic rings. The Labute approximate surface area is 295 Å². The smallest absolute Gasteiger partial charge is 0.405 e. The number of aromatic nitrogens is 1. The van der Waals surface area contributed by atoms with Crippen LogP contribution in [-0.2, 0) is 6.42 Å². The molecule has 0 spiro atoms. The zero-order chi connectivity index (χ0) is 35.7. The number of phenolic OH excluding ortho intramolecular Hbond substituents is 1. The van der Waals surface area contributed by atoms with Crippen molar-refractivity contribution < 1.29 is 29.6 Å². The van der Waals surface area contributed by atoms with E-state index in [9.17, 15) is 29.7 Å². The summed E-state index contributed by atoms with van der Waals surface area (Å²) in [5, 5.41) is 36.8. The summed E-state index contributed by atoms with van der Waals surface area (Å²) in [5.41, 5.74) is 3.94. The number of aromatic hydroxyl groups is 1. The van der Waals surface area contributed by atoms with Crippen LogP contribution in [0.1, 0.15) is 57.6 Å². The van der Waals surface area contributed by atoms with Crippen LogP contribution in [0.5, 0.6) is 11.5 Å². The number of rotatable bonds is 13. The molecule has 1 aliphatic rings. The summed E-state index contributed by atoms with van der Waals surface area (Å²) in [4.78, 5) is 41.0. The molecule has 1 fully saturated rings. The minimum atomic E-state index is -1.10. The molecule has 0 saturated carbocycles. The standard InChI is InChI=1S/C40H42N4O7/c45-34-15-13-32(33-14-16-36(47)42-38(33)34)35(46)24-41-20-17-26-9-11-29(12-10-26)39(48)44-21-18-27(19-22-44)25-51-31-8-4-7-30(23-31)37(43-40(49)50)28-5-2-1-3-6-28/h1-16,23,27,35,37,41,43,45-46H,17-22,24-25H2,(H,42,47)(H,49,50)/t35-,37-/m0/s1. The fourth-order valence-corrected chi connectivity index (χ4v) is 6.56. The van der Waals surface area contributed by atoms with Crippen molar-refractivity contribution in [2.24, 2.45) is 5.92 Å². The van der Waals surface area contributed by atoms with Gasteiger partial charge in [0.1, 0.15) is 11.5 Å². The number of piperidine rings is 1. The maximum absolute atomic E-state index is 13.3. The highest BCUT2D eigenvalue weighted by Crippen LogP contribution is 2.29. The highest BCUT2D eigenvalue weighted by Gasteiger charge is 2.24. The number of fused-ring (bicyclic) bond motifs is 1. The molecule has 2 heterocycles. The zero-order valence-corrected chi connectivity index (χ0v) is 28.1. The Morgan fingerprint density at radius 2 is 1.65 bits per heavy atom. The minimum Gasteiger partial charge on any atom is -0.506 e. The lowest BCUT2D eigenvalue weighted by molar-refractivity contribution is 0.0661. The van der Waals surface area contributed by atoms with Crippen LogP contribution in [0.3, 0.4) is 0 Å². The average molecular weight is 691 g/mol. The van der Waals surface area contributed by atoms with Crippen molar-refractivity contribution in [3.8, 4) is 11.5 Å². The van der Waals surface area contributed by atoms with Crippen LogP contribution >= 0.6 is 0 Å². The molecule has 2 atom stereocenters. The van der Waals surface area contributed by atoms with Crippen LogP contribution in [0.25, 0.3) is 10.9 Å². The quantitative estimate of drug-likeness (QED) is 0.0896. The highest BCUT2D eigenvalue weighted by molar-refractivity contribution is 5.94. The number of aliphatic hydroxyl groups excluding tert-OH is 1. The van der Waals surface area contributed by atoms with E-state index in [1.165, 1.54) is 12.1 Å². The summed E-state index contributed by atoms with van der Waals surface area (Å²) in [6, 6.07) is 30.1. The first-order chi connectivity index (χ1) is 24.7. The fraction of sp³-hybridized carbons (Fsp3) is 0.275. The minimum absolute atomic E-state index is 0.00946. The van der Waals surface area contributed by atoms with Crippen LogP contribution in [0.2, 0.25) is 0 Å². The summed E-state index contributed by atoms with van der Waals surface area (Å²) >= 11 is 0. The number of carbonyl (C=O) groups excluding carboxylic acids is 1. The van der Waals surface area contributed by atoms with Crippen molar-refractivity contribution in [1.29, 1.82) is 0 Å². The summed E-state index contributed by atoms with van der Waals surface area (Å²) in [6.45, 7) is 2.71. The van der Waals surface area contributed by atoms with Gasteiger partial charge in [0.25, 0.3) is 5.91 Å². The SMILES string of the molecule is O=C(O)N[C@@H](c1ccccc1)c1cccc(OCC2CCN(C(=O)c3ccc(CCNC[C@H](O)c4ccc(O)c5[nH]c(=O)ccc45)cc3)CC2)c1. The maximum atomic E-state index is 13.3. The third-order valence-corrected chi connectivity index (χ3v) is 9.37. The van der Waals surface area contributed by atoms with Gasteiger partial charge in [0.2, 0.25) is 5.56 Å².